The minimum atomic E-state index is -4.91. The topological polar surface area (TPSA) is 72.5 Å². The van der Waals surface area contributed by atoms with Crippen LogP contribution in [-0.2, 0) is 22.8 Å². The Labute approximate surface area is 185 Å². The maximum Gasteiger partial charge on any atom is 0.417 e. The zero-order chi connectivity index (χ0) is 22.6. The molecule has 0 fully saturated rings. The van der Waals surface area contributed by atoms with Gasteiger partial charge in [-0.2, -0.15) is 13.2 Å². The first-order valence-electron chi connectivity index (χ1n) is 8.78. The molecule has 3 aromatic carbocycles. The standard InChI is InChI=1S/C21H15BrF3NO4S/c22-17-11-6-9-15(19(17)30-13-14-7-2-1-3-8-14)20(27)26-31(28,29)18-12-5-4-10-16(18)21(23,24)25/h1-12H,13H2,(H,26,27). The molecule has 0 unspecified atom stereocenters. The lowest BCUT2D eigenvalue weighted by atomic mass is 10.2. The highest BCUT2D eigenvalue weighted by Gasteiger charge is 2.37. The summed E-state index contributed by atoms with van der Waals surface area (Å²) in [6, 6.07) is 17.0. The summed E-state index contributed by atoms with van der Waals surface area (Å²) in [5.41, 5.74) is -0.722. The van der Waals surface area contributed by atoms with Crippen LogP contribution in [0, 0.1) is 0 Å². The number of amides is 1. The van der Waals surface area contributed by atoms with Gasteiger partial charge in [0.2, 0.25) is 0 Å². The number of hydrogen-bond acceptors (Lipinski definition) is 4. The Morgan fingerprint density at radius 1 is 0.935 bits per heavy atom. The van der Waals surface area contributed by atoms with Crippen molar-refractivity contribution in [1.82, 2.24) is 4.72 Å². The van der Waals surface area contributed by atoms with Crippen molar-refractivity contribution in [3.8, 4) is 5.75 Å². The minimum absolute atomic E-state index is 0.0585. The van der Waals surface area contributed by atoms with Crippen LogP contribution in [-0.4, -0.2) is 14.3 Å². The average molecular weight is 514 g/mol. The van der Waals surface area contributed by atoms with Crippen LogP contribution in [0.15, 0.2) is 82.2 Å². The van der Waals surface area contributed by atoms with E-state index in [0.717, 1.165) is 23.8 Å². The lowest BCUT2D eigenvalue weighted by Crippen LogP contribution is -2.32. The van der Waals surface area contributed by atoms with Crippen molar-refractivity contribution in [3.05, 3.63) is 94.0 Å². The number of halogens is 4. The third kappa shape index (κ3) is 5.45. The molecule has 0 atom stereocenters. The summed E-state index contributed by atoms with van der Waals surface area (Å²) < 4.78 is 72.6. The highest BCUT2D eigenvalue weighted by molar-refractivity contribution is 9.10. The highest BCUT2D eigenvalue weighted by atomic mass is 79.9. The number of alkyl halides is 3. The van der Waals surface area contributed by atoms with Gasteiger partial charge in [-0.15, -0.1) is 0 Å². The number of carbonyl (C=O) groups is 1. The van der Waals surface area contributed by atoms with Gasteiger partial charge in [-0.05, 0) is 45.8 Å². The van der Waals surface area contributed by atoms with Gasteiger partial charge in [0, 0.05) is 0 Å². The SMILES string of the molecule is O=C(NS(=O)(=O)c1ccccc1C(F)(F)F)c1cccc(Br)c1OCc1ccccc1. The Bertz CT molecular complexity index is 1200. The molecule has 0 heterocycles. The van der Waals surface area contributed by atoms with Crippen LogP contribution in [0.1, 0.15) is 21.5 Å². The number of sulfonamides is 1. The first-order chi connectivity index (χ1) is 14.6. The second-order valence-corrected chi connectivity index (χ2v) is 8.82. The van der Waals surface area contributed by atoms with E-state index in [1.807, 2.05) is 6.07 Å². The normalized spacial score (nSPS) is 11.7. The molecule has 0 saturated heterocycles. The highest BCUT2D eigenvalue weighted by Crippen LogP contribution is 2.34. The van der Waals surface area contributed by atoms with Crippen LogP contribution in [0.3, 0.4) is 0 Å². The molecule has 0 radical (unpaired) electrons. The smallest absolute Gasteiger partial charge is 0.417 e. The number of ether oxygens (including phenoxy) is 1. The molecule has 1 N–H and O–H groups in total. The van der Waals surface area contributed by atoms with Gasteiger partial charge < -0.3 is 4.74 Å². The van der Waals surface area contributed by atoms with Gasteiger partial charge in [0.1, 0.15) is 12.4 Å². The summed E-state index contributed by atoms with van der Waals surface area (Å²) in [6.07, 6.45) is -4.91. The molecule has 1 amide bonds. The van der Waals surface area contributed by atoms with Gasteiger partial charge in [-0.1, -0.05) is 48.5 Å². The van der Waals surface area contributed by atoms with E-state index >= 15 is 0 Å². The van der Waals surface area contributed by atoms with Gasteiger partial charge >= 0.3 is 6.18 Å². The largest absolute Gasteiger partial charge is 0.487 e. The van der Waals surface area contributed by atoms with Crippen LogP contribution in [0.5, 0.6) is 5.75 Å². The Balaban J connectivity index is 1.90. The number of para-hydroxylation sites is 1. The predicted molar refractivity (Wildman–Crippen MR) is 111 cm³/mol. The molecule has 3 rings (SSSR count). The summed E-state index contributed by atoms with van der Waals surface area (Å²) in [6.45, 7) is 0.0907. The predicted octanol–water partition coefficient (Wildman–Crippen LogP) is 5.17. The van der Waals surface area contributed by atoms with Crippen molar-refractivity contribution in [3.63, 3.8) is 0 Å². The lowest BCUT2D eigenvalue weighted by Gasteiger charge is -2.16. The van der Waals surface area contributed by atoms with E-state index in [9.17, 15) is 26.4 Å². The fourth-order valence-electron chi connectivity index (χ4n) is 2.73. The summed E-state index contributed by atoms with van der Waals surface area (Å²) in [4.78, 5) is 11.7. The molecular weight excluding hydrogens is 499 g/mol. The monoisotopic (exact) mass is 513 g/mol. The second kappa shape index (κ2) is 9.11. The van der Waals surface area contributed by atoms with E-state index in [1.165, 1.54) is 12.1 Å². The fraction of sp³-hybridized carbons (Fsp3) is 0.0952. The summed E-state index contributed by atoms with van der Waals surface area (Å²) >= 11 is 3.25. The summed E-state index contributed by atoms with van der Waals surface area (Å²) in [7, 11) is -4.81. The van der Waals surface area contributed by atoms with Gasteiger partial charge in [-0.3, -0.25) is 4.79 Å². The number of nitrogens with one attached hydrogen (secondary N) is 1. The number of rotatable bonds is 6. The van der Waals surface area contributed by atoms with Crippen LogP contribution in [0.2, 0.25) is 0 Å². The zero-order valence-corrected chi connectivity index (χ0v) is 18.1. The van der Waals surface area contributed by atoms with Crippen LogP contribution in [0.25, 0.3) is 0 Å². The average Bonchev–Trinajstić information content (AvgIpc) is 2.72. The van der Waals surface area contributed by atoms with Gasteiger partial charge in [0.25, 0.3) is 15.9 Å². The number of carbonyl (C=O) groups excluding carboxylic acids is 1. The molecule has 0 saturated carbocycles. The molecule has 31 heavy (non-hydrogen) atoms. The van der Waals surface area contributed by atoms with Crippen molar-refractivity contribution in [2.45, 2.75) is 17.7 Å². The van der Waals surface area contributed by atoms with E-state index in [1.54, 1.807) is 35.1 Å². The van der Waals surface area contributed by atoms with Gasteiger partial charge in [0.05, 0.1) is 20.5 Å². The van der Waals surface area contributed by atoms with E-state index in [4.69, 9.17) is 4.74 Å². The molecule has 162 valence electrons. The first-order valence-corrected chi connectivity index (χ1v) is 11.1. The third-order valence-electron chi connectivity index (χ3n) is 4.15. The van der Waals surface area contributed by atoms with E-state index in [-0.39, 0.29) is 17.9 Å². The first kappa shape index (κ1) is 22.8. The van der Waals surface area contributed by atoms with Gasteiger partial charge in [-0.25, -0.2) is 13.1 Å². The maximum absolute atomic E-state index is 13.2. The maximum atomic E-state index is 13.2. The Morgan fingerprint density at radius 2 is 1.58 bits per heavy atom. The van der Waals surface area contributed by atoms with Crippen molar-refractivity contribution < 1.29 is 31.1 Å². The van der Waals surface area contributed by atoms with E-state index in [0.29, 0.717) is 10.5 Å². The molecule has 0 aliphatic carbocycles. The quantitative estimate of drug-likeness (QED) is 0.493. The summed E-state index contributed by atoms with van der Waals surface area (Å²) in [5, 5.41) is 0. The molecule has 0 aliphatic heterocycles. The van der Waals surface area contributed by atoms with Crippen molar-refractivity contribution >= 4 is 31.9 Å². The minimum Gasteiger partial charge on any atom is -0.487 e. The Kier molecular flexibility index (Phi) is 6.71. The third-order valence-corrected chi connectivity index (χ3v) is 6.16. The molecule has 0 aliphatic rings. The Morgan fingerprint density at radius 3 is 2.26 bits per heavy atom. The fourth-order valence-corrected chi connectivity index (χ4v) is 4.41. The van der Waals surface area contributed by atoms with Crippen molar-refractivity contribution in [2.24, 2.45) is 0 Å². The molecule has 0 bridgehead atoms. The summed E-state index contributed by atoms with van der Waals surface area (Å²) in [5.74, 6) is -1.07. The molecule has 0 spiro atoms. The molecule has 0 aromatic heterocycles. The number of benzene rings is 3. The molecular formula is C21H15BrF3NO4S. The van der Waals surface area contributed by atoms with Crippen molar-refractivity contribution in [1.29, 1.82) is 0 Å². The molecule has 5 nitrogen and oxygen atoms in total. The Hall–Kier alpha value is -2.85. The molecule has 3 aromatic rings. The molecule has 10 heteroatoms. The van der Waals surface area contributed by atoms with Crippen LogP contribution < -0.4 is 9.46 Å². The van der Waals surface area contributed by atoms with Crippen molar-refractivity contribution in [2.75, 3.05) is 0 Å². The van der Waals surface area contributed by atoms with Gasteiger partial charge in [0.15, 0.2) is 0 Å². The lowest BCUT2D eigenvalue weighted by molar-refractivity contribution is -0.139. The zero-order valence-electron chi connectivity index (χ0n) is 15.7. The van der Waals surface area contributed by atoms with E-state index < -0.39 is 32.6 Å². The van der Waals surface area contributed by atoms with E-state index in [2.05, 4.69) is 15.9 Å². The number of hydrogen-bond donors (Lipinski definition) is 1. The van der Waals surface area contributed by atoms with Crippen LogP contribution in [0.4, 0.5) is 13.2 Å². The van der Waals surface area contributed by atoms with Crippen LogP contribution >= 0.6 is 15.9 Å². The second-order valence-electron chi connectivity index (χ2n) is 6.32.